The van der Waals surface area contributed by atoms with Crippen LogP contribution in [0.2, 0.25) is 0 Å². The molecule has 3 aromatic rings. The Balaban J connectivity index is 2.07. The topological polar surface area (TPSA) is 51.2 Å². The fraction of sp³-hybridized carbons (Fsp3) is 0.200. The normalized spacial score (nSPS) is 10.6. The number of benzene rings is 2. The third-order valence-electron chi connectivity index (χ3n) is 4.13. The summed E-state index contributed by atoms with van der Waals surface area (Å²) in [7, 11) is 1.61. The van der Waals surface area contributed by atoms with Gasteiger partial charge < -0.3 is 10.1 Å². The average Bonchev–Trinajstić information content (AvgIpc) is 2.61. The Morgan fingerprint density at radius 3 is 2.71 bits per heavy atom. The zero-order valence-electron chi connectivity index (χ0n) is 14.1. The maximum absolute atomic E-state index is 12.9. The third kappa shape index (κ3) is 2.95. The molecule has 1 aromatic heterocycles. The second-order valence-electron chi connectivity index (χ2n) is 5.62. The quantitative estimate of drug-likeness (QED) is 0.777. The number of hydrogen-bond acceptors (Lipinski definition) is 3. The summed E-state index contributed by atoms with van der Waals surface area (Å²) in [4.78, 5) is 17.6. The van der Waals surface area contributed by atoms with E-state index in [4.69, 9.17) is 4.74 Å². The van der Waals surface area contributed by atoms with Crippen molar-refractivity contribution < 1.29 is 9.53 Å². The van der Waals surface area contributed by atoms with Gasteiger partial charge in [-0.3, -0.25) is 9.78 Å². The van der Waals surface area contributed by atoms with Gasteiger partial charge in [0.2, 0.25) is 0 Å². The van der Waals surface area contributed by atoms with Gasteiger partial charge >= 0.3 is 0 Å². The van der Waals surface area contributed by atoms with Crippen molar-refractivity contribution in [2.75, 3.05) is 12.4 Å². The molecule has 0 bridgehead atoms. The molecule has 0 spiro atoms. The number of rotatable bonds is 4. The fourth-order valence-corrected chi connectivity index (χ4v) is 2.89. The van der Waals surface area contributed by atoms with E-state index in [1.54, 1.807) is 13.2 Å². The number of nitrogens with one attached hydrogen (secondary N) is 1. The molecule has 1 amide bonds. The first-order valence-corrected chi connectivity index (χ1v) is 7.97. The van der Waals surface area contributed by atoms with Gasteiger partial charge in [-0.15, -0.1) is 0 Å². The summed E-state index contributed by atoms with van der Waals surface area (Å²) in [5, 5.41) is 3.84. The molecule has 4 nitrogen and oxygen atoms in total. The number of methoxy groups -OCH3 is 1. The first-order valence-electron chi connectivity index (χ1n) is 7.97. The highest BCUT2D eigenvalue weighted by Crippen LogP contribution is 2.25. The van der Waals surface area contributed by atoms with Crippen LogP contribution >= 0.6 is 0 Å². The lowest BCUT2D eigenvalue weighted by Crippen LogP contribution is -2.16. The standard InChI is InChI=1S/C20H20N2O2/c1-4-17-13(2)19(16-10-5-6-11-18(16)22-17)20(23)21-14-8-7-9-15(12-14)24-3/h5-12H,4H2,1-3H3,(H,21,23). The van der Waals surface area contributed by atoms with Gasteiger partial charge in [0.15, 0.2) is 0 Å². The van der Waals surface area contributed by atoms with Crippen LogP contribution in [0.5, 0.6) is 5.75 Å². The Hall–Kier alpha value is -2.88. The summed E-state index contributed by atoms with van der Waals surface area (Å²) >= 11 is 0. The maximum atomic E-state index is 12.9. The van der Waals surface area contributed by atoms with E-state index in [0.717, 1.165) is 28.6 Å². The molecule has 0 aliphatic carbocycles. The van der Waals surface area contributed by atoms with Crippen LogP contribution < -0.4 is 10.1 Å². The molecule has 3 rings (SSSR count). The highest BCUT2D eigenvalue weighted by atomic mass is 16.5. The lowest BCUT2D eigenvalue weighted by molar-refractivity contribution is 0.102. The Morgan fingerprint density at radius 1 is 1.17 bits per heavy atom. The van der Waals surface area contributed by atoms with Gasteiger partial charge in [0.1, 0.15) is 5.75 Å². The summed E-state index contributed by atoms with van der Waals surface area (Å²) in [5.41, 5.74) is 4.11. The zero-order valence-corrected chi connectivity index (χ0v) is 14.1. The number of fused-ring (bicyclic) bond motifs is 1. The Bertz CT molecular complexity index is 903. The molecule has 4 heteroatoms. The van der Waals surface area contributed by atoms with Crippen molar-refractivity contribution in [1.82, 2.24) is 4.98 Å². The van der Waals surface area contributed by atoms with E-state index >= 15 is 0 Å². The van der Waals surface area contributed by atoms with Crippen LogP contribution in [0.3, 0.4) is 0 Å². The van der Waals surface area contributed by atoms with E-state index in [1.807, 2.05) is 56.3 Å². The smallest absolute Gasteiger partial charge is 0.256 e. The van der Waals surface area contributed by atoms with Crippen molar-refractivity contribution in [1.29, 1.82) is 0 Å². The Labute approximate surface area is 141 Å². The monoisotopic (exact) mass is 320 g/mol. The Kier molecular flexibility index (Phi) is 4.47. The van der Waals surface area contributed by atoms with Gasteiger partial charge in [-0.25, -0.2) is 0 Å². The fourth-order valence-electron chi connectivity index (χ4n) is 2.89. The molecule has 0 atom stereocenters. The molecule has 1 heterocycles. The zero-order chi connectivity index (χ0) is 17.1. The summed E-state index contributed by atoms with van der Waals surface area (Å²) < 4.78 is 5.21. The van der Waals surface area contributed by atoms with Crippen LogP contribution in [0.4, 0.5) is 5.69 Å². The number of para-hydroxylation sites is 1. The van der Waals surface area contributed by atoms with Gasteiger partial charge in [-0.05, 0) is 37.1 Å². The largest absolute Gasteiger partial charge is 0.497 e. The van der Waals surface area contributed by atoms with Crippen molar-refractivity contribution in [2.24, 2.45) is 0 Å². The molecule has 1 N–H and O–H groups in total. The molecule has 122 valence electrons. The number of hydrogen-bond donors (Lipinski definition) is 1. The lowest BCUT2D eigenvalue weighted by Gasteiger charge is -2.14. The van der Waals surface area contributed by atoms with Crippen molar-refractivity contribution >= 4 is 22.5 Å². The first-order chi connectivity index (χ1) is 11.6. The molecule has 0 radical (unpaired) electrons. The van der Waals surface area contributed by atoms with E-state index in [-0.39, 0.29) is 5.91 Å². The second-order valence-corrected chi connectivity index (χ2v) is 5.62. The van der Waals surface area contributed by atoms with E-state index < -0.39 is 0 Å². The minimum atomic E-state index is -0.131. The van der Waals surface area contributed by atoms with E-state index in [1.165, 1.54) is 0 Å². The third-order valence-corrected chi connectivity index (χ3v) is 4.13. The Morgan fingerprint density at radius 2 is 1.96 bits per heavy atom. The molecule has 0 fully saturated rings. The van der Waals surface area contributed by atoms with Crippen LogP contribution in [0, 0.1) is 6.92 Å². The molecule has 0 saturated heterocycles. The number of carbonyl (C=O) groups is 1. The minimum Gasteiger partial charge on any atom is -0.497 e. The van der Waals surface area contributed by atoms with E-state index in [9.17, 15) is 4.79 Å². The van der Waals surface area contributed by atoms with Crippen molar-refractivity contribution in [3.05, 3.63) is 65.4 Å². The predicted octanol–water partition coefficient (Wildman–Crippen LogP) is 4.37. The van der Waals surface area contributed by atoms with Crippen LogP contribution in [-0.4, -0.2) is 18.0 Å². The second kappa shape index (κ2) is 6.71. The average molecular weight is 320 g/mol. The van der Waals surface area contributed by atoms with Crippen LogP contribution in [-0.2, 0) is 6.42 Å². The number of nitrogens with zero attached hydrogens (tertiary/aromatic N) is 1. The van der Waals surface area contributed by atoms with Gasteiger partial charge in [-0.2, -0.15) is 0 Å². The number of ether oxygens (including phenoxy) is 1. The van der Waals surface area contributed by atoms with Crippen LogP contribution in [0.1, 0.15) is 28.5 Å². The number of anilines is 1. The summed E-state index contributed by atoms with van der Waals surface area (Å²) in [6.07, 6.45) is 0.788. The van der Waals surface area contributed by atoms with Gasteiger partial charge in [-0.1, -0.05) is 31.2 Å². The first kappa shape index (κ1) is 16.0. The van der Waals surface area contributed by atoms with Crippen molar-refractivity contribution in [3.63, 3.8) is 0 Å². The summed E-state index contributed by atoms with van der Waals surface area (Å²) in [5.74, 6) is 0.576. The van der Waals surface area contributed by atoms with Gasteiger partial charge in [0, 0.05) is 22.8 Å². The van der Waals surface area contributed by atoms with Gasteiger partial charge in [0.05, 0.1) is 18.2 Å². The highest BCUT2D eigenvalue weighted by molar-refractivity contribution is 6.13. The summed E-state index contributed by atoms with van der Waals surface area (Å²) in [6, 6.07) is 15.1. The highest BCUT2D eigenvalue weighted by Gasteiger charge is 2.17. The molecule has 0 aliphatic rings. The van der Waals surface area contributed by atoms with Crippen LogP contribution in [0.15, 0.2) is 48.5 Å². The maximum Gasteiger partial charge on any atom is 0.256 e. The molecular weight excluding hydrogens is 300 g/mol. The molecule has 24 heavy (non-hydrogen) atoms. The SMILES string of the molecule is CCc1nc2ccccc2c(C(=O)Nc2cccc(OC)c2)c1C. The predicted molar refractivity (Wildman–Crippen MR) is 96.8 cm³/mol. The van der Waals surface area contributed by atoms with Crippen molar-refractivity contribution in [3.8, 4) is 5.75 Å². The van der Waals surface area contributed by atoms with Gasteiger partial charge in [0.25, 0.3) is 5.91 Å². The molecule has 0 aliphatic heterocycles. The molecule has 0 unspecified atom stereocenters. The number of amides is 1. The number of aromatic nitrogens is 1. The molecule has 0 saturated carbocycles. The molecular formula is C20H20N2O2. The summed E-state index contributed by atoms with van der Waals surface area (Å²) in [6.45, 7) is 4.01. The molecule has 2 aromatic carbocycles. The van der Waals surface area contributed by atoms with E-state index in [2.05, 4.69) is 10.3 Å². The lowest BCUT2D eigenvalue weighted by atomic mass is 9.99. The number of aryl methyl sites for hydroxylation is 1. The van der Waals surface area contributed by atoms with Crippen molar-refractivity contribution in [2.45, 2.75) is 20.3 Å². The minimum absolute atomic E-state index is 0.131. The number of pyridine rings is 1. The van der Waals surface area contributed by atoms with E-state index in [0.29, 0.717) is 17.0 Å². The van der Waals surface area contributed by atoms with Crippen LogP contribution in [0.25, 0.3) is 10.9 Å². The number of carbonyl (C=O) groups excluding carboxylic acids is 1.